The van der Waals surface area contributed by atoms with Crippen LogP contribution in [-0.4, -0.2) is 23.1 Å². The Kier molecular flexibility index (Phi) is 4.61. The molecule has 2 atom stereocenters. The molecule has 1 aliphatic carbocycles. The zero-order valence-corrected chi connectivity index (χ0v) is 11.6. The van der Waals surface area contributed by atoms with Crippen molar-refractivity contribution in [1.29, 1.82) is 0 Å². The molecule has 5 heteroatoms. The van der Waals surface area contributed by atoms with Crippen molar-refractivity contribution in [3.05, 3.63) is 29.8 Å². The highest BCUT2D eigenvalue weighted by Crippen LogP contribution is 2.24. The molecule has 0 heterocycles. The molecule has 1 aromatic carbocycles. The van der Waals surface area contributed by atoms with Gasteiger partial charge in [0.05, 0.1) is 6.42 Å². The Morgan fingerprint density at radius 2 is 2.05 bits per heavy atom. The summed E-state index contributed by atoms with van der Waals surface area (Å²) in [6, 6.07) is 6.92. The van der Waals surface area contributed by atoms with Crippen LogP contribution in [0.5, 0.6) is 0 Å². The van der Waals surface area contributed by atoms with E-state index in [1.54, 1.807) is 24.3 Å². The topological polar surface area (TPSA) is 78.4 Å². The largest absolute Gasteiger partial charge is 0.481 e. The highest BCUT2D eigenvalue weighted by Gasteiger charge is 2.22. The molecule has 2 unspecified atom stereocenters. The Morgan fingerprint density at radius 3 is 2.70 bits per heavy atom. The molecular weight excluding hydrogens is 256 g/mol. The van der Waals surface area contributed by atoms with E-state index in [1.807, 2.05) is 0 Å². The van der Waals surface area contributed by atoms with Crippen LogP contribution in [0.4, 0.5) is 10.5 Å². The third-order valence-corrected chi connectivity index (χ3v) is 3.64. The van der Waals surface area contributed by atoms with Gasteiger partial charge in [0.15, 0.2) is 0 Å². The van der Waals surface area contributed by atoms with Crippen molar-refractivity contribution >= 4 is 17.7 Å². The fourth-order valence-electron chi connectivity index (χ4n) is 2.64. The number of carbonyl (C=O) groups is 2. The third kappa shape index (κ3) is 3.98. The third-order valence-electron chi connectivity index (χ3n) is 3.64. The smallest absolute Gasteiger partial charge is 0.319 e. The summed E-state index contributed by atoms with van der Waals surface area (Å²) in [5.41, 5.74) is 1.16. The van der Waals surface area contributed by atoms with E-state index < -0.39 is 5.97 Å². The molecule has 0 radical (unpaired) electrons. The first kappa shape index (κ1) is 14.4. The lowest BCUT2D eigenvalue weighted by molar-refractivity contribution is -0.136. The van der Waals surface area contributed by atoms with Crippen molar-refractivity contribution in [2.24, 2.45) is 5.92 Å². The number of aliphatic carboxylic acids is 1. The molecule has 0 bridgehead atoms. The van der Waals surface area contributed by atoms with Crippen molar-refractivity contribution in [1.82, 2.24) is 5.32 Å². The first-order valence-electron chi connectivity index (χ1n) is 6.92. The van der Waals surface area contributed by atoms with Crippen LogP contribution in [0.15, 0.2) is 24.3 Å². The van der Waals surface area contributed by atoms with Gasteiger partial charge in [0.25, 0.3) is 0 Å². The molecule has 20 heavy (non-hydrogen) atoms. The summed E-state index contributed by atoms with van der Waals surface area (Å²) in [4.78, 5) is 22.7. The van der Waals surface area contributed by atoms with Crippen molar-refractivity contribution in [3.63, 3.8) is 0 Å². The zero-order valence-electron chi connectivity index (χ0n) is 11.6. The Labute approximate surface area is 118 Å². The predicted octanol–water partition coefficient (Wildman–Crippen LogP) is 2.62. The maximum atomic E-state index is 11.9. The molecule has 1 aliphatic rings. The Bertz CT molecular complexity index is 502. The van der Waals surface area contributed by atoms with Gasteiger partial charge in [-0.05, 0) is 36.8 Å². The summed E-state index contributed by atoms with van der Waals surface area (Å²) in [7, 11) is 0. The average Bonchev–Trinajstić information content (AvgIpc) is 2.76. The Hall–Kier alpha value is -2.04. The number of carboxylic acids is 1. The number of rotatable bonds is 4. The molecule has 3 N–H and O–H groups in total. The van der Waals surface area contributed by atoms with Crippen LogP contribution in [0, 0.1) is 5.92 Å². The van der Waals surface area contributed by atoms with Crippen molar-refractivity contribution in [2.45, 2.75) is 38.6 Å². The quantitative estimate of drug-likeness (QED) is 0.791. The molecule has 1 aromatic rings. The van der Waals surface area contributed by atoms with Crippen LogP contribution in [0.2, 0.25) is 0 Å². The number of benzene rings is 1. The number of para-hydroxylation sites is 1. The van der Waals surface area contributed by atoms with Gasteiger partial charge in [0, 0.05) is 11.7 Å². The molecule has 0 aliphatic heterocycles. The van der Waals surface area contributed by atoms with Gasteiger partial charge < -0.3 is 15.7 Å². The summed E-state index contributed by atoms with van der Waals surface area (Å²) >= 11 is 0. The minimum atomic E-state index is -0.913. The monoisotopic (exact) mass is 276 g/mol. The zero-order chi connectivity index (χ0) is 14.5. The predicted molar refractivity (Wildman–Crippen MR) is 76.7 cm³/mol. The first-order valence-corrected chi connectivity index (χ1v) is 6.92. The van der Waals surface area contributed by atoms with E-state index in [0.717, 1.165) is 19.3 Å². The van der Waals surface area contributed by atoms with Gasteiger partial charge in [-0.25, -0.2) is 4.79 Å². The summed E-state index contributed by atoms with van der Waals surface area (Å²) in [5.74, 6) is -0.260. The number of carboxylic acid groups (broad SMARTS) is 1. The second-order valence-electron chi connectivity index (χ2n) is 5.44. The maximum Gasteiger partial charge on any atom is 0.319 e. The lowest BCUT2D eigenvalue weighted by Crippen LogP contribution is -2.36. The standard InChI is InChI=1S/C15H20N2O3/c1-10-6-7-12(8-10)16-15(20)17-13-5-3-2-4-11(13)9-14(18)19/h2-5,10,12H,6-9H2,1H3,(H,18,19)(H2,16,17,20). The van der Waals surface area contributed by atoms with Gasteiger partial charge in [0.2, 0.25) is 0 Å². The van der Waals surface area contributed by atoms with Crippen LogP contribution in [0.3, 0.4) is 0 Å². The van der Waals surface area contributed by atoms with Gasteiger partial charge in [-0.3, -0.25) is 4.79 Å². The molecule has 0 aromatic heterocycles. The van der Waals surface area contributed by atoms with Crippen LogP contribution in [-0.2, 0) is 11.2 Å². The van der Waals surface area contributed by atoms with Crippen molar-refractivity contribution in [3.8, 4) is 0 Å². The van der Waals surface area contributed by atoms with Crippen LogP contribution in [0.1, 0.15) is 31.7 Å². The molecule has 1 fully saturated rings. The van der Waals surface area contributed by atoms with E-state index in [0.29, 0.717) is 17.2 Å². The molecule has 1 saturated carbocycles. The van der Waals surface area contributed by atoms with Crippen molar-refractivity contribution in [2.75, 3.05) is 5.32 Å². The SMILES string of the molecule is CC1CCC(NC(=O)Nc2ccccc2CC(=O)O)C1. The van der Waals surface area contributed by atoms with Gasteiger partial charge in [-0.2, -0.15) is 0 Å². The van der Waals surface area contributed by atoms with Gasteiger partial charge in [-0.1, -0.05) is 25.1 Å². The molecule has 2 amide bonds. The molecule has 5 nitrogen and oxygen atoms in total. The molecule has 0 saturated heterocycles. The lowest BCUT2D eigenvalue weighted by atomic mass is 10.1. The number of carbonyl (C=O) groups excluding carboxylic acids is 1. The van der Waals surface area contributed by atoms with E-state index in [-0.39, 0.29) is 18.5 Å². The molecular formula is C15H20N2O3. The van der Waals surface area contributed by atoms with Gasteiger partial charge in [-0.15, -0.1) is 0 Å². The molecule has 2 rings (SSSR count). The minimum absolute atomic E-state index is 0.100. The molecule has 108 valence electrons. The Morgan fingerprint density at radius 1 is 1.30 bits per heavy atom. The fourth-order valence-corrected chi connectivity index (χ4v) is 2.64. The minimum Gasteiger partial charge on any atom is -0.481 e. The van der Waals surface area contributed by atoms with Crippen LogP contribution in [0.25, 0.3) is 0 Å². The summed E-state index contributed by atoms with van der Waals surface area (Å²) in [5, 5.41) is 14.5. The highest BCUT2D eigenvalue weighted by atomic mass is 16.4. The normalized spacial score (nSPS) is 21.4. The van der Waals surface area contributed by atoms with E-state index in [1.165, 1.54) is 0 Å². The van der Waals surface area contributed by atoms with Crippen LogP contribution >= 0.6 is 0 Å². The highest BCUT2D eigenvalue weighted by molar-refractivity contribution is 5.91. The summed E-state index contributed by atoms with van der Waals surface area (Å²) in [6.45, 7) is 2.18. The number of hydrogen-bond donors (Lipinski definition) is 3. The van der Waals surface area contributed by atoms with Crippen molar-refractivity contribution < 1.29 is 14.7 Å². The van der Waals surface area contributed by atoms with Crippen LogP contribution < -0.4 is 10.6 Å². The fraction of sp³-hybridized carbons (Fsp3) is 0.467. The second kappa shape index (κ2) is 6.41. The van der Waals surface area contributed by atoms with E-state index in [9.17, 15) is 9.59 Å². The van der Waals surface area contributed by atoms with E-state index in [4.69, 9.17) is 5.11 Å². The maximum absolute atomic E-state index is 11.9. The first-order chi connectivity index (χ1) is 9.54. The lowest BCUT2D eigenvalue weighted by Gasteiger charge is -2.15. The number of anilines is 1. The molecule has 0 spiro atoms. The summed E-state index contributed by atoms with van der Waals surface area (Å²) < 4.78 is 0. The van der Waals surface area contributed by atoms with E-state index >= 15 is 0 Å². The second-order valence-corrected chi connectivity index (χ2v) is 5.44. The van der Waals surface area contributed by atoms with Gasteiger partial charge in [0.1, 0.15) is 0 Å². The number of nitrogens with one attached hydrogen (secondary N) is 2. The number of amides is 2. The van der Waals surface area contributed by atoms with E-state index in [2.05, 4.69) is 17.6 Å². The summed E-state index contributed by atoms with van der Waals surface area (Å²) in [6.07, 6.45) is 3.05. The number of urea groups is 1. The number of hydrogen-bond acceptors (Lipinski definition) is 2. The Balaban J connectivity index is 1.95. The average molecular weight is 276 g/mol. The van der Waals surface area contributed by atoms with Gasteiger partial charge >= 0.3 is 12.0 Å².